The standard InChI is InChI=1S/C29H29N7O3/c1-37-13-10-32-29-34-18-23(19-35-29)25-4-2-20(17-33-25)14-28-31-9-6-26(36-28)21-3-5-27(22(15-21)16-30)39-24-7-11-38-12-8-24/h2-6,9,15,17-19,24H,7-8,10-14H2,1H3,(H,32,34,35). The Morgan fingerprint density at radius 3 is 2.56 bits per heavy atom. The van der Waals surface area contributed by atoms with Crippen LogP contribution >= 0.6 is 0 Å². The molecule has 1 saturated heterocycles. The van der Waals surface area contributed by atoms with Crippen molar-refractivity contribution < 1.29 is 14.2 Å². The minimum Gasteiger partial charge on any atom is -0.489 e. The average Bonchev–Trinajstić information content (AvgIpc) is 2.99. The molecule has 39 heavy (non-hydrogen) atoms. The predicted molar refractivity (Wildman–Crippen MR) is 145 cm³/mol. The first-order valence-electron chi connectivity index (χ1n) is 12.8. The maximum atomic E-state index is 9.72. The molecule has 5 rings (SSSR count). The maximum Gasteiger partial charge on any atom is 0.222 e. The Bertz CT molecular complexity index is 1420. The SMILES string of the molecule is COCCNc1ncc(-c2ccc(Cc3nccc(-c4ccc(OC5CCOCC5)c(C#N)c4)n3)cn2)cn1. The minimum absolute atomic E-state index is 0.0670. The van der Waals surface area contributed by atoms with Crippen LogP contribution in [0.3, 0.4) is 0 Å². The van der Waals surface area contributed by atoms with Crippen molar-refractivity contribution in [1.29, 1.82) is 5.26 Å². The summed E-state index contributed by atoms with van der Waals surface area (Å²) in [5, 5.41) is 12.8. The van der Waals surface area contributed by atoms with Gasteiger partial charge in [0.15, 0.2) is 0 Å². The highest BCUT2D eigenvalue weighted by molar-refractivity contribution is 5.64. The molecule has 198 valence electrons. The third-order valence-electron chi connectivity index (χ3n) is 6.29. The fourth-order valence-electron chi connectivity index (χ4n) is 4.20. The van der Waals surface area contributed by atoms with Crippen LogP contribution in [-0.4, -0.2) is 64.5 Å². The van der Waals surface area contributed by atoms with Crippen LogP contribution in [-0.2, 0) is 15.9 Å². The van der Waals surface area contributed by atoms with Gasteiger partial charge in [0, 0.05) is 68.8 Å². The van der Waals surface area contributed by atoms with Gasteiger partial charge in [0.05, 0.1) is 36.8 Å². The van der Waals surface area contributed by atoms with Crippen molar-refractivity contribution in [3.05, 3.63) is 78.1 Å². The monoisotopic (exact) mass is 523 g/mol. The largest absolute Gasteiger partial charge is 0.489 e. The first kappa shape index (κ1) is 26.2. The van der Waals surface area contributed by atoms with Gasteiger partial charge >= 0.3 is 0 Å². The van der Waals surface area contributed by atoms with Crippen LogP contribution in [0.5, 0.6) is 5.75 Å². The van der Waals surface area contributed by atoms with Gasteiger partial charge in [-0.3, -0.25) is 4.98 Å². The van der Waals surface area contributed by atoms with Crippen molar-refractivity contribution >= 4 is 5.95 Å². The minimum atomic E-state index is 0.0670. The zero-order chi connectivity index (χ0) is 26.9. The van der Waals surface area contributed by atoms with Crippen LogP contribution in [0.1, 0.15) is 29.8 Å². The third kappa shape index (κ3) is 6.90. The van der Waals surface area contributed by atoms with E-state index < -0.39 is 0 Å². The Hall–Kier alpha value is -4.46. The summed E-state index contributed by atoms with van der Waals surface area (Å²) in [6.45, 7) is 2.59. The molecule has 4 aromatic rings. The molecule has 0 radical (unpaired) electrons. The molecule has 1 aliphatic heterocycles. The van der Waals surface area contributed by atoms with Crippen molar-refractivity contribution in [1.82, 2.24) is 24.9 Å². The molecular formula is C29H29N7O3. The normalized spacial score (nSPS) is 13.5. The Kier molecular flexibility index (Phi) is 8.63. The zero-order valence-corrected chi connectivity index (χ0v) is 21.7. The number of aromatic nitrogens is 5. The number of anilines is 1. The fourth-order valence-corrected chi connectivity index (χ4v) is 4.20. The number of nitriles is 1. The maximum absolute atomic E-state index is 9.72. The second-order valence-corrected chi connectivity index (χ2v) is 9.05. The highest BCUT2D eigenvalue weighted by Gasteiger charge is 2.17. The van der Waals surface area contributed by atoms with E-state index in [-0.39, 0.29) is 6.10 Å². The van der Waals surface area contributed by atoms with E-state index in [0.29, 0.717) is 55.9 Å². The van der Waals surface area contributed by atoms with Gasteiger partial charge in [-0.2, -0.15) is 5.26 Å². The molecule has 1 aromatic carbocycles. The van der Waals surface area contributed by atoms with Crippen LogP contribution in [0.15, 0.2) is 61.2 Å². The van der Waals surface area contributed by atoms with E-state index in [1.807, 2.05) is 42.6 Å². The number of hydrogen-bond donors (Lipinski definition) is 1. The molecule has 0 atom stereocenters. The van der Waals surface area contributed by atoms with Gasteiger partial charge in [-0.15, -0.1) is 0 Å². The lowest BCUT2D eigenvalue weighted by molar-refractivity contribution is 0.0254. The summed E-state index contributed by atoms with van der Waals surface area (Å²) in [6.07, 6.45) is 9.27. The number of methoxy groups -OCH3 is 1. The van der Waals surface area contributed by atoms with E-state index >= 15 is 0 Å². The quantitative estimate of drug-likeness (QED) is 0.304. The number of nitrogens with zero attached hydrogens (tertiary/aromatic N) is 6. The molecule has 0 amide bonds. The first-order chi connectivity index (χ1) is 19.2. The molecule has 0 spiro atoms. The number of nitrogens with one attached hydrogen (secondary N) is 1. The summed E-state index contributed by atoms with van der Waals surface area (Å²) in [6, 6.07) is 13.6. The summed E-state index contributed by atoms with van der Waals surface area (Å²) >= 11 is 0. The molecule has 1 fully saturated rings. The van der Waals surface area contributed by atoms with Crippen LogP contribution in [0.25, 0.3) is 22.5 Å². The molecular weight excluding hydrogens is 494 g/mol. The lowest BCUT2D eigenvalue weighted by Crippen LogP contribution is -2.26. The Labute approximate surface area is 227 Å². The van der Waals surface area contributed by atoms with E-state index in [1.165, 1.54) is 0 Å². The van der Waals surface area contributed by atoms with Crippen LogP contribution in [0.4, 0.5) is 5.95 Å². The molecule has 10 nitrogen and oxygen atoms in total. The average molecular weight is 524 g/mol. The summed E-state index contributed by atoms with van der Waals surface area (Å²) < 4.78 is 16.5. The first-order valence-corrected chi connectivity index (χ1v) is 12.8. The molecule has 3 aromatic heterocycles. The van der Waals surface area contributed by atoms with Gasteiger partial charge < -0.3 is 19.5 Å². The van der Waals surface area contributed by atoms with Crippen molar-refractivity contribution in [2.24, 2.45) is 0 Å². The molecule has 10 heteroatoms. The highest BCUT2D eigenvalue weighted by Crippen LogP contribution is 2.28. The van der Waals surface area contributed by atoms with E-state index in [4.69, 9.17) is 19.2 Å². The zero-order valence-electron chi connectivity index (χ0n) is 21.7. The number of ether oxygens (including phenoxy) is 3. The summed E-state index contributed by atoms with van der Waals surface area (Å²) in [7, 11) is 1.65. The van der Waals surface area contributed by atoms with Crippen LogP contribution in [0.2, 0.25) is 0 Å². The van der Waals surface area contributed by atoms with Crippen LogP contribution < -0.4 is 10.1 Å². The lowest BCUT2D eigenvalue weighted by atomic mass is 10.1. The summed E-state index contributed by atoms with van der Waals surface area (Å²) in [5.74, 6) is 1.81. The van der Waals surface area contributed by atoms with Gasteiger partial charge in [0.1, 0.15) is 23.7 Å². The highest BCUT2D eigenvalue weighted by atomic mass is 16.5. The van der Waals surface area contributed by atoms with Gasteiger partial charge in [-0.05, 0) is 35.9 Å². The van der Waals surface area contributed by atoms with Gasteiger partial charge in [0.25, 0.3) is 0 Å². The second-order valence-electron chi connectivity index (χ2n) is 9.05. The lowest BCUT2D eigenvalue weighted by Gasteiger charge is -2.23. The second kappa shape index (κ2) is 12.9. The number of rotatable bonds is 10. The fraction of sp³-hybridized carbons (Fsp3) is 0.310. The Morgan fingerprint density at radius 2 is 1.82 bits per heavy atom. The van der Waals surface area contributed by atoms with E-state index in [2.05, 4.69) is 31.3 Å². The van der Waals surface area contributed by atoms with Crippen molar-refractivity contribution in [2.45, 2.75) is 25.4 Å². The van der Waals surface area contributed by atoms with Crippen molar-refractivity contribution in [2.75, 3.05) is 38.8 Å². The number of hydrogen-bond acceptors (Lipinski definition) is 10. The van der Waals surface area contributed by atoms with E-state index in [1.54, 1.807) is 25.7 Å². The van der Waals surface area contributed by atoms with Gasteiger partial charge in [-0.25, -0.2) is 19.9 Å². The molecule has 0 bridgehead atoms. The molecule has 0 aliphatic carbocycles. The number of benzene rings is 1. The Morgan fingerprint density at radius 1 is 0.974 bits per heavy atom. The van der Waals surface area contributed by atoms with Gasteiger partial charge in [0.2, 0.25) is 5.95 Å². The third-order valence-corrected chi connectivity index (χ3v) is 6.29. The van der Waals surface area contributed by atoms with Crippen LogP contribution in [0, 0.1) is 11.3 Å². The van der Waals surface area contributed by atoms with Gasteiger partial charge in [-0.1, -0.05) is 6.07 Å². The molecule has 1 aliphatic rings. The smallest absolute Gasteiger partial charge is 0.222 e. The van der Waals surface area contributed by atoms with Crippen molar-refractivity contribution in [3.8, 4) is 34.3 Å². The topological polar surface area (TPSA) is 128 Å². The van der Waals surface area contributed by atoms with Crippen molar-refractivity contribution in [3.63, 3.8) is 0 Å². The summed E-state index contributed by atoms with van der Waals surface area (Å²) in [4.78, 5) is 22.4. The molecule has 0 unspecified atom stereocenters. The summed E-state index contributed by atoms with van der Waals surface area (Å²) in [5.41, 5.74) is 4.66. The predicted octanol–water partition coefficient (Wildman–Crippen LogP) is 4.07. The van der Waals surface area contributed by atoms with E-state index in [0.717, 1.165) is 40.9 Å². The Balaban J connectivity index is 1.25. The number of pyridine rings is 1. The molecule has 1 N–H and O–H groups in total. The van der Waals surface area contributed by atoms with E-state index in [9.17, 15) is 5.26 Å². The molecule has 4 heterocycles. The molecule has 0 saturated carbocycles.